The molecule has 0 spiro atoms. The highest BCUT2D eigenvalue weighted by molar-refractivity contribution is 7.19. The topological polar surface area (TPSA) is 0 Å². The van der Waals surface area contributed by atoms with E-state index in [2.05, 4.69) is 20.0 Å². The molecule has 0 heterocycles. The summed E-state index contributed by atoms with van der Waals surface area (Å²) < 4.78 is 0. The summed E-state index contributed by atoms with van der Waals surface area (Å²) in [7, 11) is -1.33. The summed E-state index contributed by atoms with van der Waals surface area (Å²) in [6.07, 6.45) is 5.63. The lowest BCUT2D eigenvalue weighted by Crippen LogP contribution is -2.29. The van der Waals surface area contributed by atoms with Crippen LogP contribution in [0.15, 0.2) is 0 Å². The zero-order chi connectivity index (χ0) is 8.48. The van der Waals surface area contributed by atoms with Crippen molar-refractivity contribution in [2.45, 2.75) is 51.2 Å². The van der Waals surface area contributed by atoms with Crippen LogP contribution in [0.5, 0.6) is 0 Å². The van der Waals surface area contributed by atoms with Crippen molar-refractivity contribution >= 4 is 18.5 Å². The number of halogens is 1. The Balaban J connectivity index is 2.46. The van der Waals surface area contributed by atoms with E-state index in [-0.39, 0.29) is 0 Å². The number of hydrogen-bond acceptors (Lipinski definition) is 0. The lowest BCUT2D eigenvalue weighted by molar-refractivity contribution is 0.380. The standard InChI is InChI=1S/C9H19ClSi/c1-8-5-4-6-9(7-8)11(2,3)10/h8-9H,4-7H2,1-3H3/t8-,9-/m0/s1. The SMILES string of the molecule is C[C@H]1CCC[C@H]([Si](C)(C)Cl)C1. The molecule has 0 bridgehead atoms. The molecule has 0 aliphatic heterocycles. The van der Waals surface area contributed by atoms with Gasteiger partial charge in [0.1, 0.15) is 0 Å². The minimum atomic E-state index is -1.33. The first-order chi connectivity index (χ1) is 5.00. The molecule has 0 unspecified atom stereocenters. The van der Waals surface area contributed by atoms with E-state index in [9.17, 15) is 0 Å². The van der Waals surface area contributed by atoms with Crippen LogP contribution < -0.4 is 0 Å². The molecular weight excluding hydrogens is 172 g/mol. The molecule has 1 fully saturated rings. The average Bonchev–Trinajstić information content (AvgIpc) is 1.86. The normalized spacial score (nSPS) is 33.8. The summed E-state index contributed by atoms with van der Waals surface area (Å²) >= 11 is 6.42. The molecule has 0 aromatic heterocycles. The van der Waals surface area contributed by atoms with Crippen LogP contribution in [0.3, 0.4) is 0 Å². The molecule has 1 saturated carbocycles. The first-order valence-electron chi connectivity index (χ1n) is 4.69. The Morgan fingerprint density at radius 3 is 2.27 bits per heavy atom. The third-order valence-corrected chi connectivity index (χ3v) is 6.30. The van der Waals surface area contributed by atoms with Crippen LogP contribution in [0, 0.1) is 5.92 Å². The molecule has 1 rings (SSSR count). The summed E-state index contributed by atoms with van der Waals surface area (Å²) in [6, 6.07) is 0. The summed E-state index contributed by atoms with van der Waals surface area (Å²) in [5.74, 6) is 0.930. The second-order valence-electron chi connectivity index (χ2n) is 4.53. The molecule has 0 radical (unpaired) electrons. The van der Waals surface area contributed by atoms with Gasteiger partial charge in [0.25, 0.3) is 0 Å². The van der Waals surface area contributed by atoms with Gasteiger partial charge in [-0.05, 0) is 17.9 Å². The van der Waals surface area contributed by atoms with Gasteiger partial charge in [-0.3, -0.25) is 0 Å². The van der Waals surface area contributed by atoms with Crippen molar-refractivity contribution in [1.82, 2.24) is 0 Å². The number of hydrogen-bond donors (Lipinski definition) is 0. The molecule has 0 nitrogen and oxygen atoms in total. The Morgan fingerprint density at radius 1 is 1.27 bits per heavy atom. The maximum absolute atomic E-state index is 6.42. The van der Waals surface area contributed by atoms with Crippen LogP contribution in [0.1, 0.15) is 32.6 Å². The van der Waals surface area contributed by atoms with Crippen molar-refractivity contribution in [1.29, 1.82) is 0 Å². The van der Waals surface area contributed by atoms with E-state index in [1.54, 1.807) is 0 Å². The molecule has 0 amide bonds. The van der Waals surface area contributed by atoms with Crippen molar-refractivity contribution in [3.8, 4) is 0 Å². The summed E-state index contributed by atoms with van der Waals surface area (Å²) in [4.78, 5) is 0. The Hall–Kier alpha value is 0.507. The molecule has 2 atom stereocenters. The van der Waals surface area contributed by atoms with Gasteiger partial charge in [-0.25, -0.2) is 0 Å². The van der Waals surface area contributed by atoms with E-state index in [4.69, 9.17) is 11.1 Å². The Bertz CT molecular complexity index is 128. The van der Waals surface area contributed by atoms with Crippen molar-refractivity contribution in [3.63, 3.8) is 0 Å². The van der Waals surface area contributed by atoms with Gasteiger partial charge in [0.05, 0.1) is 0 Å². The van der Waals surface area contributed by atoms with Gasteiger partial charge in [0.15, 0.2) is 7.38 Å². The van der Waals surface area contributed by atoms with Gasteiger partial charge in [-0.2, -0.15) is 11.1 Å². The van der Waals surface area contributed by atoms with E-state index in [1.165, 1.54) is 25.7 Å². The highest BCUT2D eigenvalue weighted by Crippen LogP contribution is 2.41. The Morgan fingerprint density at radius 2 is 1.91 bits per heavy atom. The maximum Gasteiger partial charge on any atom is 0.153 e. The fraction of sp³-hybridized carbons (Fsp3) is 1.00. The fourth-order valence-corrected chi connectivity index (χ4v) is 4.51. The quantitative estimate of drug-likeness (QED) is 0.433. The lowest BCUT2D eigenvalue weighted by atomic mass is 9.90. The van der Waals surface area contributed by atoms with Gasteiger partial charge < -0.3 is 0 Å². The third-order valence-electron chi connectivity index (χ3n) is 2.91. The molecule has 1 aliphatic carbocycles. The molecule has 0 N–H and O–H groups in total. The minimum absolute atomic E-state index is 0.882. The predicted molar refractivity (Wildman–Crippen MR) is 54.7 cm³/mol. The van der Waals surface area contributed by atoms with Gasteiger partial charge >= 0.3 is 0 Å². The van der Waals surface area contributed by atoms with Crippen LogP contribution in [0.2, 0.25) is 18.6 Å². The van der Waals surface area contributed by atoms with Crippen molar-refractivity contribution in [3.05, 3.63) is 0 Å². The smallest absolute Gasteiger partial charge is 0.153 e. The molecule has 0 saturated heterocycles. The minimum Gasteiger partial charge on any atom is -0.167 e. The Labute approximate surface area is 76.0 Å². The molecule has 0 aromatic rings. The summed E-state index contributed by atoms with van der Waals surface area (Å²) in [5.41, 5.74) is 0.882. The first-order valence-corrected chi connectivity index (χ1v) is 8.78. The fourth-order valence-electron chi connectivity index (χ4n) is 2.06. The maximum atomic E-state index is 6.42. The molecule has 2 heteroatoms. The largest absolute Gasteiger partial charge is 0.167 e. The number of rotatable bonds is 1. The Kier molecular flexibility index (Phi) is 3.04. The third kappa shape index (κ3) is 2.79. The van der Waals surface area contributed by atoms with E-state index in [0.717, 1.165) is 11.5 Å². The van der Waals surface area contributed by atoms with Crippen molar-refractivity contribution in [2.24, 2.45) is 5.92 Å². The van der Waals surface area contributed by atoms with Crippen molar-refractivity contribution in [2.75, 3.05) is 0 Å². The molecule has 0 aromatic carbocycles. The van der Waals surface area contributed by atoms with Gasteiger partial charge in [-0.15, -0.1) is 0 Å². The molecule has 1 aliphatic rings. The average molecular weight is 191 g/mol. The van der Waals surface area contributed by atoms with Gasteiger partial charge in [0, 0.05) is 0 Å². The van der Waals surface area contributed by atoms with Crippen LogP contribution in [-0.2, 0) is 0 Å². The van der Waals surface area contributed by atoms with Crippen LogP contribution in [-0.4, -0.2) is 7.38 Å². The van der Waals surface area contributed by atoms with Crippen molar-refractivity contribution < 1.29 is 0 Å². The second-order valence-corrected chi connectivity index (χ2v) is 11.4. The highest BCUT2D eigenvalue weighted by Gasteiger charge is 2.32. The van der Waals surface area contributed by atoms with E-state index >= 15 is 0 Å². The first kappa shape index (κ1) is 9.59. The molecular formula is C9H19ClSi. The lowest BCUT2D eigenvalue weighted by Gasteiger charge is -2.33. The van der Waals surface area contributed by atoms with Gasteiger partial charge in [-0.1, -0.05) is 39.3 Å². The molecule has 66 valence electrons. The van der Waals surface area contributed by atoms with Crippen LogP contribution in [0.25, 0.3) is 0 Å². The zero-order valence-electron chi connectivity index (χ0n) is 7.86. The monoisotopic (exact) mass is 190 g/mol. The highest BCUT2D eigenvalue weighted by atomic mass is 35.6. The predicted octanol–water partition coefficient (Wildman–Crippen LogP) is 4.01. The van der Waals surface area contributed by atoms with Crippen LogP contribution in [0.4, 0.5) is 0 Å². The van der Waals surface area contributed by atoms with Crippen LogP contribution >= 0.6 is 11.1 Å². The summed E-state index contributed by atoms with van der Waals surface area (Å²) in [5, 5.41) is 0. The van der Waals surface area contributed by atoms with E-state index < -0.39 is 7.38 Å². The summed E-state index contributed by atoms with van der Waals surface area (Å²) in [6.45, 7) is 6.94. The van der Waals surface area contributed by atoms with Gasteiger partial charge in [0.2, 0.25) is 0 Å². The second kappa shape index (κ2) is 3.49. The zero-order valence-corrected chi connectivity index (χ0v) is 9.62. The van der Waals surface area contributed by atoms with E-state index in [1.807, 2.05) is 0 Å². The molecule has 11 heavy (non-hydrogen) atoms. The van der Waals surface area contributed by atoms with E-state index in [0.29, 0.717) is 0 Å².